The molecule has 0 fully saturated rings. The van der Waals surface area contributed by atoms with Crippen LogP contribution in [0.15, 0.2) is 72.8 Å². The van der Waals surface area contributed by atoms with Gasteiger partial charge >= 0.3 is 0 Å². The number of ether oxygens (including phenoxy) is 2. The highest BCUT2D eigenvalue weighted by atomic mass is 16.5. The molecule has 0 bridgehead atoms. The van der Waals surface area contributed by atoms with Gasteiger partial charge in [-0.2, -0.15) is 0 Å². The van der Waals surface area contributed by atoms with Crippen molar-refractivity contribution >= 4 is 23.2 Å². The lowest BCUT2D eigenvalue weighted by Crippen LogP contribution is -2.39. The van der Waals surface area contributed by atoms with Crippen LogP contribution in [0.2, 0.25) is 0 Å². The van der Waals surface area contributed by atoms with E-state index in [1.165, 1.54) is 0 Å². The van der Waals surface area contributed by atoms with Crippen molar-refractivity contribution in [2.75, 3.05) is 24.0 Å². The van der Waals surface area contributed by atoms with Crippen LogP contribution in [-0.2, 0) is 0 Å². The van der Waals surface area contributed by atoms with E-state index in [-0.39, 0.29) is 23.9 Å². The minimum Gasteiger partial charge on any atom is -0.497 e. The van der Waals surface area contributed by atoms with E-state index < -0.39 is 0 Å². The second-order valence-electron chi connectivity index (χ2n) is 8.84. The van der Waals surface area contributed by atoms with Gasteiger partial charge in [-0.25, -0.2) is 0 Å². The van der Waals surface area contributed by atoms with E-state index in [2.05, 4.69) is 13.8 Å². The smallest absolute Gasteiger partial charge is 0.258 e. The first-order valence-electron chi connectivity index (χ1n) is 12.4. The van der Waals surface area contributed by atoms with Crippen LogP contribution in [0, 0.1) is 0 Å². The lowest BCUT2D eigenvalue weighted by Gasteiger charge is -2.31. The van der Waals surface area contributed by atoms with Crippen molar-refractivity contribution in [3.8, 4) is 11.5 Å². The molecule has 6 heteroatoms. The van der Waals surface area contributed by atoms with Crippen LogP contribution in [-0.4, -0.2) is 38.1 Å². The number of hydrogen-bond donors (Lipinski definition) is 0. The molecule has 6 nitrogen and oxygen atoms in total. The van der Waals surface area contributed by atoms with Crippen LogP contribution in [0.1, 0.15) is 61.3 Å². The molecular formula is C30H36N2O4. The summed E-state index contributed by atoms with van der Waals surface area (Å²) in [5.74, 6) is 1.26. The van der Waals surface area contributed by atoms with E-state index in [1.807, 2.05) is 47.9 Å². The first-order valence-corrected chi connectivity index (χ1v) is 12.4. The Morgan fingerprint density at radius 3 is 1.17 bits per heavy atom. The zero-order valence-corrected chi connectivity index (χ0v) is 22.0. The number of amides is 2. The second-order valence-corrected chi connectivity index (χ2v) is 8.84. The number of anilines is 2. The van der Waals surface area contributed by atoms with Crippen LogP contribution >= 0.6 is 0 Å². The third-order valence-electron chi connectivity index (χ3n) is 6.58. The van der Waals surface area contributed by atoms with Gasteiger partial charge in [0.15, 0.2) is 0 Å². The molecule has 0 aromatic heterocycles. The Bertz CT molecular complexity index is 1050. The Balaban J connectivity index is 1.93. The Morgan fingerprint density at radius 1 is 0.611 bits per heavy atom. The van der Waals surface area contributed by atoms with Crippen LogP contribution < -0.4 is 19.3 Å². The van der Waals surface area contributed by atoms with Gasteiger partial charge in [-0.3, -0.25) is 9.59 Å². The van der Waals surface area contributed by atoms with Crippen molar-refractivity contribution in [3.05, 3.63) is 83.9 Å². The van der Waals surface area contributed by atoms with Gasteiger partial charge in [0.2, 0.25) is 0 Å². The summed E-state index contributed by atoms with van der Waals surface area (Å²) < 4.78 is 10.5. The van der Waals surface area contributed by atoms with Crippen molar-refractivity contribution in [1.82, 2.24) is 0 Å². The average molecular weight is 489 g/mol. The average Bonchev–Trinajstić information content (AvgIpc) is 2.93. The number of methoxy groups -OCH3 is 2. The highest BCUT2D eigenvalue weighted by Crippen LogP contribution is 2.28. The predicted octanol–water partition coefficient (Wildman–Crippen LogP) is 6.59. The molecule has 0 saturated carbocycles. The van der Waals surface area contributed by atoms with E-state index >= 15 is 0 Å². The fraction of sp³-hybridized carbons (Fsp3) is 0.333. The Kier molecular flexibility index (Phi) is 9.12. The molecule has 2 amide bonds. The molecule has 0 heterocycles. The number of benzene rings is 3. The van der Waals surface area contributed by atoms with Crippen molar-refractivity contribution in [3.63, 3.8) is 0 Å². The summed E-state index contributed by atoms with van der Waals surface area (Å²) in [6.07, 6.45) is 1.61. The molecule has 0 aliphatic carbocycles. The molecule has 0 N–H and O–H groups in total. The number of rotatable bonds is 10. The fourth-order valence-electron chi connectivity index (χ4n) is 4.03. The second kappa shape index (κ2) is 12.2. The highest BCUT2D eigenvalue weighted by Gasteiger charge is 2.25. The van der Waals surface area contributed by atoms with Gasteiger partial charge in [0.25, 0.3) is 11.8 Å². The van der Waals surface area contributed by atoms with Crippen molar-refractivity contribution in [1.29, 1.82) is 0 Å². The van der Waals surface area contributed by atoms with E-state index in [1.54, 1.807) is 62.8 Å². The zero-order chi connectivity index (χ0) is 26.2. The summed E-state index contributed by atoms with van der Waals surface area (Å²) in [5, 5.41) is 0. The maximum absolute atomic E-state index is 13.5. The number of carbonyl (C=O) groups is 2. The molecule has 190 valence electrons. The van der Waals surface area contributed by atoms with E-state index in [9.17, 15) is 9.59 Å². The maximum atomic E-state index is 13.5. The van der Waals surface area contributed by atoms with Crippen LogP contribution in [0.4, 0.5) is 11.4 Å². The molecule has 0 aliphatic heterocycles. The van der Waals surface area contributed by atoms with Crippen LogP contribution in [0.25, 0.3) is 0 Å². The summed E-state index contributed by atoms with van der Waals surface area (Å²) in [6.45, 7) is 8.19. The quantitative estimate of drug-likeness (QED) is 0.323. The summed E-state index contributed by atoms with van der Waals surface area (Å²) >= 11 is 0. The highest BCUT2D eigenvalue weighted by molar-refractivity contribution is 6.08. The van der Waals surface area contributed by atoms with Gasteiger partial charge in [0.05, 0.1) is 14.2 Å². The Labute approximate surface area is 214 Å². The summed E-state index contributed by atoms with van der Waals surface area (Å²) in [7, 11) is 3.21. The molecule has 0 aliphatic rings. The molecule has 3 rings (SSSR count). The van der Waals surface area contributed by atoms with Crippen molar-refractivity contribution < 1.29 is 19.1 Å². The normalized spacial score (nSPS) is 12.4. The number of nitrogens with zero attached hydrogens (tertiary/aromatic N) is 2. The maximum Gasteiger partial charge on any atom is 0.258 e. The van der Waals surface area contributed by atoms with Gasteiger partial charge < -0.3 is 19.3 Å². The molecule has 3 aromatic carbocycles. The summed E-state index contributed by atoms with van der Waals surface area (Å²) in [6, 6.07) is 21.9. The van der Waals surface area contributed by atoms with Crippen LogP contribution in [0.3, 0.4) is 0 Å². The first-order chi connectivity index (χ1) is 17.3. The van der Waals surface area contributed by atoms with E-state index in [0.29, 0.717) is 22.6 Å². The monoisotopic (exact) mass is 488 g/mol. The third-order valence-corrected chi connectivity index (χ3v) is 6.58. The summed E-state index contributed by atoms with van der Waals surface area (Å²) in [4.78, 5) is 30.6. The number of hydrogen-bond acceptors (Lipinski definition) is 4. The Morgan fingerprint density at radius 2 is 0.917 bits per heavy atom. The van der Waals surface area contributed by atoms with Gasteiger partial charge in [-0.05, 0) is 99.5 Å². The predicted molar refractivity (Wildman–Crippen MR) is 146 cm³/mol. The fourth-order valence-corrected chi connectivity index (χ4v) is 4.03. The van der Waals surface area contributed by atoms with Gasteiger partial charge in [0, 0.05) is 34.6 Å². The topological polar surface area (TPSA) is 59.1 Å². The molecule has 0 spiro atoms. The van der Waals surface area contributed by atoms with E-state index in [4.69, 9.17) is 9.47 Å². The van der Waals surface area contributed by atoms with Crippen molar-refractivity contribution in [2.45, 2.75) is 52.6 Å². The largest absolute Gasteiger partial charge is 0.497 e. The van der Waals surface area contributed by atoms with Gasteiger partial charge in [-0.1, -0.05) is 13.8 Å². The minimum atomic E-state index is -0.0761. The molecular weight excluding hydrogens is 452 g/mol. The summed E-state index contributed by atoms with van der Waals surface area (Å²) in [5.41, 5.74) is 2.76. The lowest BCUT2D eigenvalue weighted by atomic mass is 10.1. The van der Waals surface area contributed by atoms with Crippen LogP contribution in [0.5, 0.6) is 11.5 Å². The zero-order valence-electron chi connectivity index (χ0n) is 22.0. The standard InChI is InChI=1S/C30H36N2O4/c1-7-21(3)31(29(33)23-9-17-27(35-5)18-10-23)25-13-15-26(16-14-25)32(22(4)8-2)30(34)24-11-19-28(36-6)20-12-24/h9-22H,7-8H2,1-6H3/t21-,22-/m1/s1. The van der Waals surface area contributed by atoms with Gasteiger partial charge in [0.1, 0.15) is 11.5 Å². The molecule has 0 saturated heterocycles. The molecule has 36 heavy (non-hydrogen) atoms. The SMILES string of the molecule is CC[C@@H](C)N(C(=O)c1ccc(OC)cc1)c1ccc(N(C(=O)c2ccc(OC)cc2)[C@H](C)CC)cc1. The molecule has 0 radical (unpaired) electrons. The van der Waals surface area contributed by atoms with Gasteiger partial charge in [-0.15, -0.1) is 0 Å². The lowest BCUT2D eigenvalue weighted by molar-refractivity contribution is 0.0969. The molecule has 3 aromatic rings. The first kappa shape index (κ1) is 26.8. The molecule has 2 atom stereocenters. The number of carbonyl (C=O) groups excluding carboxylic acids is 2. The van der Waals surface area contributed by atoms with Crippen molar-refractivity contribution in [2.24, 2.45) is 0 Å². The van der Waals surface area contributed by atoms with E-state index in [0.717, 1.165) is 24.2 Å². The minimum absolute atomic E-state index is 0.00273. The molecule has 0 unspecified atom stereocenters. The Hall–Kier alpha value is -3.80. The third kappa shape index (κ3) is 5.88.